The van der Waals surface area contributed by atoms with E-state index in [0.29, 0.717) is 22.8 Å². The van der Waals surface area contributed by atoms with Crippen LogP contribution in [0, 0.1) is 6.92 Å². The Bertz CT molecular complexity index is 708. The van der Waals surface area contributed by atoms with Crippen molar-refractivity contribution in [1.82, 2.24) is 19.7 Å². The molecule has 2 rings (SSSR count). The average molecular weight is 303 g/mol. The standard InChI is InChI=1S/C14H17N5O3/c1-8(2)13-11(5-15-9(3)17-13)14(22)18-10-4-16-19(6-10)7-12(20)21/h4-6,8H,7H2,1-3H3,(H,18,22)(H,20,21). The smallest absolute Gasteiger partial charge is 0.325 e. The quantitative estimate of drug-likeness (QED) is 0.865. The number of nitrogens with one attached hydrogen (secondary N) is 1. The third kappa shape index (κ3) is 3.66. The summed E-state index contributed by atoms with van der Waals surface area (Å²) in [7, 11) is 0. The maximum absolute atomic E-state index is 12.3. The van der Waals surface area contributed by atoms with Crippen molar-refractivity contribution in [2.75, 3.05) is 5.32 Å². The topological polar surface area (TPSA) is 110 Å². The van der Waals surface area contributed by atoms with Crippen molar-refractivity contribution in [2.45, 2.75) is 33.2 Å². The fourth-order valence-corrected chi connectivity index (χ4v) is 1.95. The fourth-order valence-electron chi connectivity index (χ4n) is 1.95. The first kappa shape index (κ1) is 15.6. The van der Waals surface area contributed by atoms with Gasteiger partial charge in [-0.15, -0.1) is 0 Å². The molecule has 2 aromatic heterocycles. The number of amides is 1. The van der Waals surface area contributed by atoms with E-state index in [2.05, 4.69) is 20.4 Å². The van der Waals surface area contributed by atoms with Crippen LogP contribution in [0.15, 0.2) is 18.6 Å². The molecule has 0 aliphatic carbocycles. The Kier molecular flexibility index (Phi) is 4.50. The summed E-state index contributed by atoms with van der Waals surface area (Å²) < 4.78 is 1.23. The first-order valence-corrected chi connectivity index (χ1v) is 6.76. The Hall–Kier alpha value is -2.77. The molecule has 8 heteroatoms. The van der Waals surface area contributed by atoms with Gasteiger partial charge in [-0.2, -0.15) is 5.10 Å². The molecule has 2 N–H and O–H groups in total. The molecule has 0 aromatic carbocycles. The van der Waals surface area contributed by atoms with E-state index in [9.17, 15) is 9.59 Å². The molecule has 0 unspecified atom stereocenters. The molecule has 2 aromatic rings. The number of nitrogens with zero attached hydrogens (tertiary/aromatic N) is 4. The molecular formula is C14H17N5O3. The molecule has 0 saturated heterocycles. The molecule has 0 bridgehead atoms. The Labute approximate surface area is 127 Å². The predicted molar refractivity (Wildman–Crippen MR) is 78.7 cm³/mol. The van der Waals surface area contributed by atoms with Crippen LogP contribution in [0.4, 0.5) is 5.69 Å². The van der Waals surface area contributed by atoms with E-state index in [1.165, 1.54) is 23.3 Å². The number of aryl methyl sites for hydroxylation is 1. The summed E-state index contributed by atoms with van der Waals surface area (Å²) in [5, 5.41) is 15.2. The third-order valence-corrected chi connectivity index (χ3v) is 2.92. The molecule has 8 nitrogen and oxygen atoms in total. The summed E-state index contributed by atoms with van der Waals surface area (Å²) in [5.41, 5.74) is 1.48. The minimum absolute atomic E-state index is 0.0807. The summed E-state index contributed by atoms with van der Waals surface area (Å²) in [6.07, 6.45) is 4.34. The molecule has 0 atom stereocenters. The minimum atomic E-state index is -1.00. The maximum Gasteiger partial charge on any atom is 0.325 e. The lowest BCUT2D eigenvalue weighted by atomic mass is 10.0. The van der Waals surface area contributed by atoms with Crippen molar-refractivity contribution in [3.63, 3.8) is 0 Å². The molecule has 0 saturated carbocycles. The predicted octanol–water partition coefficient (Wildman–Crippen LogP) is 1.44. The van der Waals surface area contributed by atoms with Gasteiger partial charge in [0.05, 0.1) is 23.1 Å². The van der Waals surface area contributed by atoms with Crippen LogP contribution in [0.3, 0.4) is 0 Å². The fraction of sp³-hybridized carbons (Fsp3) is 0.357. The van der Waals surface area contributed by atoms with Gasteiger partial charge in [-0.25, -0.2) is 9.97 Å². The Balaban J connectivity index is 2.19. The van der Waals surface area contributed by atoms with Gasteiger partial charge in [0.2, 0.25) is 0 Å². The van der Waals surface area contributed by atoms with Crippen molar-refractivity contribution in [3.05, 3.63) is 35.7 Å². The number of anilines is 1. The zero-order chi connectivity index (χ0) is 16.3. The highest BCUT2D eigenvalue weighted by molar-refractivity contribution is 6.04. The molecular weight excluding hydrogens is 286 g/mol. The van der Waals surface area contributed by atoms with Gasteiger partial charge in [0, 0.05) is 12.4 Å². The normalized spacial score (nSPS) is 10.7. The van der Waals surface area contributed by atoms with Crippen LogP contribution in [0.5, 0.6) is 0 Å². The van der Waals surface area contributed by atoms with E-state index in [4.69, 9.17) is 5.11 Å². The number of aromatic nitrogens is 4. The van der Waals surface area contributed by atoms with E-state index in [1.54, 1.807) is 6.92 Å². The third-order valence-electron chi connectivity index (χ3n) is 2.92. The van der Waals surface area contributed by atoms with Crippen molar-refractivity contribution in [1.29, 1.82) is 0 Å². The molecule has 0 spiro atoms. The molecule has 0 fully saturated rings. The first-order chi connectivity index (χ1) is 10.4. The van der Waals surface area contributed by atoms with Gasteiger partial charge in [-0.1, -0.05) is 13.8 Å². The number of aliphatic carboxylic acids is 1. The van der Waals surface area contributed by atoms with Crippen LogP contribution < -0.4 is 5.32 Å². The van der Waals surface area contributed by atoms with Crippen molar-refractivity contribution >= 4 is 17.6 Å². The van der Waals surface area contributed by atoms with Crippen LogP contribution in [0.25, 0.3) is 0 Å². The second kappa shape index (κ2) is 6.33. The van der Waals surface area contributed by atoms with Gasteiger partial charge in [0.1, 0.15) is 12.4 Å². The number of carbonyl (C=O) groups is 2. The highest BCUT2D eigenvalue weighted by Gasteiger charge is 2.17. The van der Waals surface area contributed by atoms with Crippen LogP contribution >= 0.6 is 0 Å². The van der Waals surface area contributed by atoms with Gasteiger partial charge in [-0.3, -0.25) is 14.3 Å². The lowest BCUT2D eigenvalue weighted by Gasteiger charge is -2.11. The molecule has 22 heavy (non-hydrogen) atoms. The number of rotatable bonds is 5. The first-order valence-electron chi connectivity index (χ1n) is 6.76. The second-order valence-corrected chi connectivity index (χ2v) is 5.15. The van der Waals surface area contributed by atoms with Crippen LogP contribution in [-0.4, -0.2) is 36.7 Å². The van der Waals surface area contributed by atoms with Crippen LogP contribution in [0.1, 0.15) is 41.6 Å². The summed E-state index contributed by atoms with van der Waals surface area (Å²) in [5.74, 6) is -0.666. The largest absolute Gasteiger partial charge is 0.480 e. The number of carbonyl (C=O) groups excluding carboxylic acids is 1. The Morgan fingerprint density at radius 2 is 2.09 bits per heavy atom. The van der Waals surface area contributed by atoms with Gasteiger partial charge >= 0.3 is 5.97 Å². The van der Waals surface area contributed by atoms with E-state index < -0.39 is 5.97 Å². The van der Waals surface area contributed by atoms with Gasteiger partial charge in [-0.05, 0) is 12.8 Å². The monoisotopic (exact) mass is 303 g/mol. The van der Waals surface area contributed by atoms with Crippen molar-refractivity contribution in [3.8, 4) is 0 Å². The Morgan fingerprint density at radius 3 is 2.73 bits per heavy atom. The zero-order valence-electron chi connectivity index (χ0n) is 12.6. The van der Waals surface area contributed by atoms with E-state index >= 15 is 0 Å². The SMILES string of the molecule is Cc1ncc(C(=O)Nc2cnn(CC(=O)O)c2)c(C(C)C)n1. The highest BCUT2D eigenvalue weighted by Crippen LogP contribution is 2.18. The summed E-state index contributed by atoms with van der Waals surface area (Å²) in [6, 6.07) is 0. The second-order valence-electron chi connectivity index (χ2n) is 5.15. The minimum Gasteiger partial charge on any atom is -0.480 e. The lowest BCUT2D eigenvalue weighted by molar-refractivity contribution is -0.137. The highest BCUT2D eigenvalue weighted by atomic mass is 16.4. The van der Waals surface area contributed by atoms with Crippen molar-refractivity contribution < 1.29 is 14.7 Å². The van der Waals surface area contributed by atoms with Crippen LogP contribution in [0.2, 0.25) is 0 Å². The van der Waals surface area contributed by atoms with E-state index in [-0.39, 0.29) is 18.4 Å². The number of carboxylic acid groups (broad SMARTS) is 1. The van der Waals surface area contributed by atoms with Crippen molar-refractivity contribution in [2.24, 2.45) is 0 Å². The maximum atomic E-state index is 12.3. The van der Waals surface area contributed by atoms with Gasteiger partial charge in [0.15, 0.2) is 0 Å². The van der Waals surface area contributed by atoms with E-state index in [0.717, 1.165) is 0 Å². The number of hydrogen-bond acceptors (Lipinski definition) is 5. The molecule has 0 aliphatic heterocycles. The number of carboxylic acids is 1. The summed E-state index contributed by atoms with van der Waals surface area (Å²) in [4.78, 5) is 31.3. The molecule has 0 radical (unpaired) electrons. The van der Waals surface area contributed by atoms with Gasteiger partial charge < -0.3 is 10.4 Å². The number of hydrogen-bond donors (Lipinski definition) is 2. The summed E-state index contributed by atoms with van der Waals surface area (Å²) >= 11 is 0. The molecule has 0 aliphatic rings. The zero-order valence-corrected chi connectivity index (χ0v) is 12.6. The molecule has 2 heterocycles. The van der Waals surface area contributed by atoms with Gasteiger partial charge in [0.25, 0.3) is 5.91 Å². The summed E-state index contributed by atoms with van der Waals surface area (Å²) in [6.45, 7) is 5.40. The van der Waals surface area contributed by atoms with Crippen LogP contribution in [-0.2, 0) is 11.3 Å². The lowest BCUT2D eigenvalue weighted by Crippen LogP contribution is -2.17. The Morgan fingerprint density at radius 1 is 1.36 bits per heavy atom. The molecule has 116 valence electrons. The van der Waals surface area contributed by atoms with E-state index in [1.807, 2.05) is 13.8 Å². The average Bonchev–Trinajstić information content (AvgIpc) is 2.84. The molecule has 1 amide bonds.